The number of carbonyl (C=O) groups is 1. The Balaban J connectivity index is 1.50. The summed E-state index contributed by atoms with van der Waals surface area (Å²) in [5.74, 6) is 0.493. The van der Waals surface area contributed by atoms with Crippen molar-refractivity contribution >= 4 is 17.1 Å². The van der Waals surface area contributed by atoms with E-state index in [1.165, 1.54) is 23.7 Å². The van der Waals surface area contributed by atoms with Gasteiger partial charge in [-0.15, -0.1) is 0 Å². The van der Waals surface area contributed by atoms with Gasteiger partial charge in [-0.25, -0.2) is 14.2 Å². The van der Waals surface area contributed by atoms with E-state index < -0.39 is 11.2 Å². The number of carbonyl (C=O) groups excluding carboxylic acids is 1. The summed E-state index contributed by atoms with van der Waals surface area (Å²) in [5, 5.41) is 0. The monoisotopic (exact) mass is 399 g/mol. The Bertz CT molecular complexity index is 1170. The van der Waals surface area contributed by atoms with Gasteiger partial charge >= 0.3 is 5.69 Å². The lowest BCUT2D eigenvalue weighted by atomic mass is 10.0. The predicted octanol–water partition coefficient (Wildman–Crippen LogP) is 1.63. The number of amides is 1. The fourth-order valence-corrected chi connectivity index (χ4v) is 3.71. The van der Waals surface area contributed by atoms with Crippen LogP contribution >= 0.6 is 0 Å². The number of halogens is 1. The molecule has 9 heteroatoms. The molecule has 1 aliphatic rings. The maximum Gasteiger partial charge on any atom is 0.329 e. The average molecular weight is 399 g/mol. The molecule has 152 valence electrons. The third kappa shape index (κ3) is 3.72. The summed E-state index contributed by atoms with van der Waals surface area (Å²) in [6, 6.07) is 6.21. The van der Waals surface area contributed by atoms with Crippen LogP contribution in [0.15, 0.2) is 33.9 Å². The number of aromatic amines is 2. The van der Waals surface area contributed by atoms with Gasteiger partial charge in [-0.2, -0.15) is 0 Å². The highest BCUT2D eigenvalue weighted by molar-refractivity contribution is 5.77. The van der Waals surface area contributed by atoms with Crippen molar-refractivity contribution in [3.63, 3.8) is 0 Å². The highest BCUT2D eigenvalue weighted by Crippen LogP contribution is 2.44. The van der Waals surface area contributed by atoms with Crippen molar-refractivity contribution < 1.29 is 9.18 Å². The van der Waals surface area contributed by atoms with Gasteiger partial charge in [0, 0.05) is 26.9 Å². The standard InChI is InChI=1S/C20H22FN5O3/c1-25(17(11-3-4-11)12-5-7-13(21)8-6-12)15(27)10-9-14-22-16-18(23-14)26(2)20(29)24-19(16)28/h5-8,11,17H,3-4,9-10H2,1-2H3,(H,22,23)(H,24,28,29). The number of nitrogens with one attached hydrogen (secondary N) is 2. The lowest BCUT2D eigenvalue weighted by Crippen LogP contribution is -2.32. The van der Waals surface area contributed by atoms with Crippen LogP contribution in [0.1, 0.15) is 36.7 Å². The van der Waals surface area contributed by atoms with Crippen LogP contribution < -0.4 is 11.2 Å². The second-order valence-electron chi connectivity index (χ2n) is 7.54. The largest absolute Gasteiger partial charge is 0.338 e. The van der Waals surface area contributed by atoms with Gasteiger partial charge in [-0.3, -0.25) is 19.1 Å². The molecule has 1 aliphatic carbocycles. The molecule has 0 radical (unpaired) electrons. The van der Waals surface area contributed by atoms with Gasteiger partial charge in [0.05, 0.1) is 6.04 Å². The predicted molar refractivity (Wildman–Crippen MR) is 105 cm³/mol. The first kappa shape index (κ1) is 19.1. The first-order valence-corrected chi connectivity index (χ1v) is 9.54. The summed E-state index contributed by atoms with van der Waals surface area (Å²) in [7, 11) is 3.29. The van der Waals surface area contributed by atoms with E-state index in [2.05, 4.69) is 15.0 Å². The number of fused-ring (bicyclic) bond motifs is 1. The molecule has 1 aromatic carbocycles. The number of H-pyrrole nitrogens is 2. The summed E-state index contributed by atoms with van der Waals surface area (Å²) >= 11 is 0. The molecule has 0 bridgehead atoms. The third-order valence-corrected chi connectivity index (χ3v) is 5.47. The van der Waals surface area contributed by atoms with Gasteiger partial charge in [0.15, 0.2) is 5.65 Å². The summed E-state index contributed by atoms with van der Waals surface area (Å²) < 4.78 is 14.5. The minimum Gasteiger partial charge on any atom is -0.338 e. The maximum atomic E-state index is 13.3. The van der Waals surface area contributed by atoms with E-state index in [1.807, 2.05) is 0 Å². The molecule has 1 atom stereocenters. The molecule has 0 saturated heterocycles. The van der Waals surface area contributed by atoms with Crippen molar-refractivity contribution in [2.45, 2.75) is 31.7 Å². The Labute approximate surface area is 165 Å². The first-order chi connectivity index (χ1) is 13.8. The molecule has 1 unspecified atom stereocenters. The Morgan fingerprint density at radius 3 is 2.62 bits per heavy atom. The Hall–Kier alpha value is -3.23. The van der Waals surface area contributed by atoms with Crippen LogP contribution in [-0.4, -0.2) is 37.4 Å². The zero-order valence-electron chi connectivity index (χ0n) is 16.2. The van der Waals surface area contributed by atoms with Crippen molar-refractivity contribution in [1.82, 2.24) is 24.4 Å². The van der Waals surface area contributed by atoms with Gasteiger partial charge in [0.25, 0.3) is 5.56 Å². The Kier molecular flexibility index (Phi) is 4.81. The highest BCUT2D eigenvalue weighted by atomic mass is 19.1. The van der Waals surface area contributed by atoms with Crippen molar-refractivity contribution in [3.05, 3.63) is 62.3 Å². The molecule has 4 rings (SSSR count). The number of rotatable bonds is 6. The van der Waals surface area contributed by atoms with Crippen LogP contribution in [0, 0.1) is 11.7 Å². The van der Waals surface area contributed by atoms with Crippen LogP contribution in [-0.2, 0) is 18.3 Å². The number of aromatic nitrogens is 4. The highest BCUT2D eigenvalue weighted by Gasteiger charge is 2.36. The van der Waals surface area contributed by atoms with Gasteiger partial charge in [-0.05, 0) is 36.5 Å². The number of hydrogen-bond acceptors (Lipinski definition) is 4. The lowest BCUT2D eigenvalue weighted by Gasteiger charge is -2.29. The second-order valence-corrected chi connectivity index (χ2v) is 7.54. The van der Waals surface area contributed by atoms with E-state index in [0.717, 1.165) is 18.4 Å². The number of imidazole rings is 1. The number of aryl methyl sites for hydroxylation is 2. The van der Waals surface area contributed by atoms with Crippen molar-refractivity contribution in [2.24, 2.45) is 13.0 Å². The molecule has 3 aromatic rings. The van der Waals surface area contributed by atoms with Crippen LogP contribution in [0.5, 0.6) is 0 Å². The molecule has 2 N–H and O–H groups in total. The quantitative estimate of drug-likeness (QED) is 0.657. The fourth-order valence-electron chi connectivity index (χ4n) is 3.71. The van der Waals surface area contributed by atoms with Gasteiger partial charge in [-0.1, -0.05) is 12.1 Å². The summed E-state index contributed by atoms with van der Waals surface area (Å²) in [6.07, 6.45) is 2.60. The summed E-state index contributed by atoms with van der Waals surface area (Å²) in [6.45, 7) is 0. The van der Waals surface area contributed by atoms with E-state index in [0.29, 0.717) is 18.2 Å². The van der Waals surface area contributed by atoms with E-state index in [-0.39, 0.29) is 35.4 Å². The van der Waals surface area contributed by atoms with Crippen LogP contribution in [0.3, 0.4) is 0 Å². The normalized spacial score (nSPS) is 14.9. The summed E-state index contributed by atoms with van der Waals surface area (Å²) in [5.41, 5.74) is 0.329. The zero-order chi connectivity index (χ0) is 20.7. The molecule has 2 aromatic heterocycles. The molecule has 1 amide bonds. The van der Waals surface area contributed by atoms with E-state index in [1.54, 1.807) is 24.1 Å². The van der Waals surface area contributed by atoms with Crippen LogP contribution in [0.2, 0.25) is 0 Å². The molecule has 1 saturated carbocycles. The minimum atomic E-state index is -0.539. The van der Waals surface area contributed by atoms with Crippen LogP contribution in [0.25, 0.3) is 11.2 Å². The van der Waals surface area contributed by atoms with Gasteiger partial charge in [0.2, 0.25) is 5.91 Å². The fraction of sp³-hybridized carbons (Fsp3) is 0.400. The van der Waals surface area contributed by atoms with Crippen LogP contribution in [0.4, 0.5) is 4.39 Å². The van der Waals surface area contributed by atoms with Gasteiger partial charge in [0.1, 0.15) is 17.2 Å². The molecule has 2 heterocycles. The summed E-state index contributed by atoms with van der Waals surface area (Å²) in [4.78, 5) is 47.6. The second kappa shape index (κ2) is 7.31. The molecule has 29 heavy (non-hydrogen) atoms. The molecule has 1 fully saturated rings. The van der Waals surface area contributed by atoms with E-state index in [9.17, 15) is 18.8 Å². The average Bonchev–Trinajstić information content (AvgIpc) is 3.43. The number of nitrogens with zero attached hydrogens (tertiary/aromatic N) is 3. The topological polar surface area (TPSA) is 104 Å². The molecular weight excluding hydrogens is 377 g/mol. The van der Waals surface area contributed by atoms with Crippen molar-refractivity contribution in [1.29, 1.82) is 0 Å². The Morgan fingerprint density at radius 2 is 1.97 bits per heavy atom. The number of benzene rings is 1. The molecule has 8 nitrogen and oxygen atoms in total. The van der Waals surface area contributed by atoms with Crippen molar-refractivity contribution in [2.75, 3.05) is 7.05 Å². The van der Waals surface area contributed by atoms with E-state index >= 15 is 0 Å². The minimum absolute atomic E-state index is 0.0607. The molecule has 0 spiro atoms. The number of hydrogen-bond donors (Lipinski definition) is 2. The molecule has 0 aliphatic heterocycles. The lowest BCUT2D eigenvalue weighted by molar-refractivity contribution is -0.132. The first-order valence-electron chi connectivity index (χ1n) is 9.54. The SMILES string of the molecule is CN(C(=O)CCc1nc2c([nH]1)c(=O)[nH]c(=O)n2C)C(c1ccc(F)cc1)C1CC1. The van der Waals surface area contributed by atoms with E-state index in [4.69, 9.17) is 0 Å². The molecular formula is C20H22FN5O3. The van der Waals surface area contributed by atoms with Crippen molar-refractivity contribution in [3.8, 4) is 0 Å². The smallest absolute Gasteiger partial charge is 0.329 e. The maximum absolute atomic E-state index is 13.3. The zero-order valence-corrected chi connectivity index (χ0v) is 16.2. The Morgan fingerprint density at radius 1 is 1.28 bits per heavy atom. The van der Waals surface area contributed by atoms with Gasteiger partial charge < -0.3 is 9.88 Å². The third-order valence-electron chi connectivity index (χ3n) is 5.47.